The minimum Gasteiger partial charge on any atom is -0.477 e. The first kappa shape index (κ1) is 20.1. The maximum atomic E-state index is 12.0. The first-order chi connectivity index (χ1) is 12.9. The summed E-state index contributed by atoms with van der Waals surface area (Å²) in [6.45, 7) is 6.24. The summed E-state index contributed by atoms with van der Waals surface area (Å²) in [5.41, 5.74) is 8.05. The molecule has 0 aromatic heterocycles. The third kappa shape index (κ3) is 4.26. The summed E-state index contributed by atoms with van der Waals surface area (Å²) in [4.78, 5) is 30.3. The van der Waals surface area contributed by atoms with E-state index in [1.54, 1.807) is 5.41 Å². The molecule has 1 aromatic rings. The Bertz CT molecular complexity index is 836. The fourth-order valence-corrected chi connectivity index (χ4v) is 5.87. The van der Waals surface area contributed by atoms with Crippen LogP contribution in [0, 0.1) is 6.92 Å². The number of β-lactam (4-membered cyclic amide) rings is 1. The number of aliphatic imine (C=N–C) groups is 1. The lowest BCUT2D eigenvalue weighted by atomic mass is 10.1. The van der Waals surface area contributed by atoms with Crippen LogP contribution in [0.25, 0.3) is 0 Å². The fraction of sp³-hybridized carbons (Fsp3) is 0.278. The summed E-state index contributed by atoms with van der Waals surface area (Å²) in [6, 6.07) is 7.46. The molecule has 27 heavy (non-hydrogen) atoms. The first-order valence-corrected chi connectivity index (χ1v) is 10.9. The number of carbonyl (C=O) groups excluding carboxylic acids is 1. The van der Waals surface area contributed by atoms with E-state index in [4.69, 9.17) is 5.73 Å². The van der Waals surface area contributed by atoms with Crippen molar-refractivity contribution in [2.75, 3.05) is 5.75 Å². The Hall–Kier alpha value is -1.68. The molecule has 6 nitrogen and oxygen atoms in total. The van der Waals surface area contributed by atoms with Crippen molar-refractivity contribution in [2.24, 2.45) is 10.7 Å². The van der Waals surface area contributed by atoms with Crippen molar-refractivity contribution in [2.45, 2.75) is 24.9 Å². The lowest BCUT2D eigenvalue weighted by Crippen LogP contribution is -2.68. The van der Waals surface area contributed by atoms with Crippen molar-refractivity contribution in [3.05, 3.63) is 58.0 Å². The van der Waals surface area contributed by atoms with Gasteiger partial charge in [-0.3, -0.25) is 14.7 Å². The number of hydrogen-bond acceptors (Lipinski definition) is 7. The summed E-state index contributed by atoms with van der Waals surface area (Å²) >= 11 is 4.10. The van der Waals surface area contributed by atoms with Crippen LogP contribution in [0.2, 0.25) is 0 Å². The topological polar surface area (TPSA) is 96.0 Å². The fourth-order valence-electron chi connectivity index (χ4n) is 2.69. The van der Waals surface area contributed by atoms with Gasteiger partial charge in [-0.05, 0) is 17.9 Å². The van der Waals surface area contributed by atoms with E-state index in [1.165, 1.54) is 45.7 Å². The van der Waals surface area contributed by atoms with Crippen LogP contribution in [-0.2, 0) is 16.1 Å². The van der Waals surface area contributed by atoms with E-state index in [9.17, 15) is 14.7 Å². The van der Waals surface area contributed by atoms with Gasteiger partial charge in [-0.15, -0.1) is 11.8 Å². The van der Waals surface area contributed by atoms with Gasteiger partial charge in [0.05, 0.1) is 6.54 Å². The zero-order valence-electron chi connectivity index (χ0n) is 14.6. The molecule has 1 fully saturated rings. The molecule has 0 aliphatic carbocycles. The van der Waals surface area contributed by atoms with Crippen LogP contribution in [0.4, 0.5) is 0 Å². The zero-order chi connectivity index (χ0) is 19.6. The highest BCUT2D eigenvalue weighted by atomic mass is 32.2. The second-order valence-corrected chi connectivity index (χ2v) is 9.37. The molecular formula is C18H19N3O3S3. The molecule has 1 saturated heterocycles. The average Bonchev–Trinajstić information content (AvgIpc) is 2.66. The number of aryl methyl sites for hydroxylation is 1. The SMILES string of the molecule is C=CSC(=NCc1ccc(C)cc1)SC1=C(C(=O)O)N2C(=O)C(N)C2SC1. The molecule has 3 N–H and O–H groups in total. The van der Waals surface area contributed by atoms with Crippen LogP contribution in [0.5, 0.6) is 0 Å². The van der Waals surface area contributed by atoms with Crippen LogP contribution in [0.1, 0.15) is 11.1 Å². The van der Waals surface area contributed by atoms with Crippen molar-refractivity contribution in [1.82, 2.24) is 4.90 Å². The maximum absolute atomic E-state index is 12.0. The Labute approximate surface area is 170 Å². The van der Waals surface area contributed by atoms with Crippen molar-refractivity contribution in [1.29, 1.82) is 0 Å². The zero-order valence-corrected chi connectivity index (χ0v) is 17.1. The Morgan fingerprint density at radius 2 is 2.19 bits per heavy atom. The third-order valence-electron chi connectivity index (χ3n) is 4.08. The van der Waals surface area contributed by atoms with E-state index < -0.39 is 12.0 Å². The van der Waals surface area contributed by atoms with E-state index in [1.807, 2.05) is 31.2 Å². The molecule has 1 amide bonds. The summed E-state index contributed by atoms with van der Waals surface area (Å²) in [5.74, 6) is -0.989. The van der Waals surface area contributed by atoms with Crippen molar-refractivity contribution in [3.8, 4) is 0 Å². The molecule has 2 heterocycles. The second-order valence-electron chi connectivity index (χ2n) is 5.97. The number of rotatable bonds is 5. The van der Waals surface area contributed by atoms with E-state index in [0.717, 1.165) is 5.56 Å². The molecule has 3 rings (SSSR count). The van der Waals surface area contributed by atoms with Gasteiger partial charge in [0.25, 0.3) is 0 Å². The Balaban J connectivity index is 1.82. The van der Waals surface area contributed by atoms with Gasteiger partial charge in [-0.1, -0.05) is 59.9 Å². The highest BCUT2D eigenvalue weighted by Crippen LogP contribution is 2.44. The number of carboxylic acids is 1. The summed E-state index contributed by atoms with van der Waals surface area (Å²) in [6.07, 6.45) is 0. The molecule has 1 aromatic carbocycles. The maximum Gasteiger partial charge on any atom is 0.353 e. The molecule has 0 bridgehead atoms. The molecule has 9 heteroatoms. The largest absolute Gasteiger partial charge is 0.477 e. The Morgan fingerprint density at radius 3 is 2.81 bits per heavy atom. The number of carbonyl (C=O) groups is 2. The molecule has 0 spiro atoms. The summed E-state index contributed by atoms with van der Waals surface area (Å²) in [7, 11) is 0. The van der Waals surface area contributed by atoms with E-state index in [0.29, 0.717) is 21.6 Å². The Kier molecular flexibility index (Phi) is 6.36. The quantitative estimate of drug-likeness (QED) is 0.429. The van der Waals surface area contributed by atoms with Gasteiger partial charge in [0, 0.05) is 10.7 Å². The van der Waals surface area contributed by atoms with E-state index >= 15 is 0 Å². The van der Waals surface area contributed by atoms with Crippen LogP contribution in [-0.4, -0.2) is 43.4 Å². The number of aliphatic carboxylic acids is 1. The number of benzene rings is 1. The monoisotopic (exact) mass is 421 g/mol. The lowest BCUT2D eigenvalue weighted by molar-refractivity contribution is -0.147. The predicted molar refractivity (Wildman–Crippen MR) is 113 cm³/mol. The minimum absolute atomic E-state index is 0.0168. The molecule has 2 aliphatic rings. The standard InChI is InChI=1S/C18H19N3O3S3/c1-3-25-18(20-8-11-6-4-10(2)5-7-11)27-12-9-26-16-13(19)15(22)21(16)14(12)17(23)24/h3-7,13,16H,1,8-9,19H2,2H3,(H,23,24). The number of nitrogens with two attached hydrogens (primary N) is 1. The normalized spacial score (nSPS) is 22.4. The molecule has 0 saturated carbocycles. The van der Waals surface area contributed by atoms with Crippen LogP contribution >= 0.6 is 35.3 Å². The number of nitrogens with zero attached hydrogens (tertiary/aromatic N) is 2. The number of carboxylic acid groups (broad SMARTS) is 1. The van der Waals surface area contributed by atoms with Crippen molar-refractivity contribution < 1.29 is 14.7 Å². The minimum atomic E-state index is -1.12. The van der Waals surface area contributed by atoms with Gasteiger partial charge in [-0.2, -0.15) is 0 Å². The number of thioether (sulfide) groups is 3. The predicted octanol–water partition coefficient (Wildman–Crippen LogP) is 3.00. The number of hydrogen-bond donors (Lipinski definition) is 2. The first-order valence-electron chi connectivity index (χ1n) is 8.14. The van der Waals surface area contributed by atoms with Crippen molar-refractivity contribution >= 4 is 51.5 Å². The van der Waals surface area contributed by atoms with Crippen LogP contribution < -0.4 is 5.73 Å². The third-order valence-corrected chi connectivity index (χ3v) is 7.49. The van der Waals surface area contributed by atoms with E-state index in [-0.39, 0.29) is 17.0 Å². The van der Waals surface area contributed by atoms with Crippen LogP contribution in [0.15, 0.2) is 51.8 Å². The highest BCUT2D eigenvalue weighted by Gasteiger charge is 2.52. The Morgan fingerprint density at radius 1 is 1.48 bits per heavy atom. The average molecular weight is 422 g/mol. The van der Waals surface area contributed by atoms with E-state index in [2.05, 4.69) is 11.6 Å². The van der Waals surface area contributed by atoms with Gasteiger partial charge in [0.15, 0.2) is 0 Å². The molecule has 142 valence electrons. The molecular weight excluding hydrogens is 402 g/mol. The summed E-state index contributed by atoms with van der Waals surface area (Å²) < 4.78 is 0.690. The van der Waals surface area contributed by atoms with Crippen LogP contribution in [0.3, 0.4) is 0 Å². The highest BCUT2D eigenvalue weighted by molar-refractivity contribution is 8.41. The van der Waals surface area contributed by atoms with Crippen molar-refractivity contribution in [3.63, 3.8) is 0 Å². The lowest BCUT2D eigenvalue weighted by Gasteiger charge is -2.47. The molecule has 2 atom stereocenters. The molecule has 2 aliphatic heterocycles. The van der Waals surface area contributed by atoms with Gasteiger partial charge in [0.2, 0.25) is 5.91 Å². The smallest absolute Gasteiger partial charge is 0.353 e. The van der Waals surface area contributed by atoms with Gasteiger partial charge in [-0.25, -0.2) is 4.79 Å². The summed E-state index contributed by atoms with van der Waals surface area (Å²) in [5, 5.41) is 11.0. The molecule has 2 unspecified atom stereocenters. The molecule has 0 radical (unpaired) electrons. The van der Waals surface area contributed by atoms with Gasteiger partial charge >= 0.3 is 5.97 Å². The van der Waals surface area contributed by atoms with Gasteiger partial charge < -0.3 is 10.8 Å². The second kappa shape index (κ2) is 8.55. The number of fused-ring (bicyclic) bond motifs is 1. The number of amides is 1. The van der Waals surface area contributed by atoms with Gasteiger partial charge in [0.1, 0.15) is 21.5 Å².